The van der Waals surface area contributed by atoms with E-state index in [0.29, 0.717) is 10.2 Å². The fourth-order valence-electron chi connectivity index (χ4n) is 0.835. The number of benzene rings is 1. The highest BCUT2D eigenvalue weighted by molar-refractivity contribution is 9.10. The molecule has 0 aromatic heterocycles. The maximum Gasteiger partial charge on any atom is 0.147 e. The van der Waals surface area contributed by atoms with Crippen LogP contribution in [0, 0.1) is 5.82 Å². The maximum absolute atomic E-state index is 12.9. The predicted molar refractivity (Wildman–Crippen MR) is 59.9 cm³/mol. The van der Waals surface area contributed by atoms with Crippen LogP contribution in [0.2, 0.25) is 0 Å². The molecular formula is C9H9BrFNOS. The molecule has 0 spiro atoms. The standard InChI is InChI=1S/C9H9BrFNOS/c1-5(13)4-14-9-3-8(12)7(11)2-6(9)10/h2-3H,4,12H2,1H3. The van der Waals surface area contributed by atoms with Crippen molar-refractivity contribution in [1.82, 2.24) is 0 Å². The minimum absolute atomic E-state index is 0.0739. The molecule has 14 heavy (non-hydrogen) atoms. The van der Waals surface area contributed by atoms with Gasteiger partial charge in [-0.2, -0.15) is 0 Å². The molecule has 0 saturated heterocycles. The molecule has 5 heteroatoms. The summed E-state index contributed by atoms with van der Waals surface area (Å²) in [4.78, 5) is 11.5. The average molecular weight is 278 g/mol. The van der Waals surface area contributed by atoms with E-state index in [1.165, 1.54) is 30.8 Å². The number of ketones is 1. The minimum Gasteiger partial charge on any atom is -0.396 e. The van der Waals surface area contributed by atoms with Gasteiger partial charge in [0.2, 0.25) is 0 Å². The smallest absolute Gasteiger partial charge is 0.147 e. The SMILES string of the molecule is CC(=O)CSc1cc(N)c(F)cc1Br. The van der Waals surface area contributed by atoms with E-state index >= 15 is 0 Å². The molecule has 0 aliphatic rings. The zero-order valence-corrected chi connectivity index (χ0v) is 9.91. The van der Waals surface area contributed by atoms with Gasteiger partial charge in [0.1, 0.15) is 11.6 Å². The van der Waals surface area contributed by atoms with Gasteiger partial charge in [0.25, 0.3) is 0 Å². The second-order valence-electron chi connectivity index (χ2n) is 2.79. The van der Waals surface area contributed by atoms with E-state index in [-0.39, 0.29) is 11.5 Å². The number of carbonyl (C=O) groups is 1. The van der Waals surface area contributed by atoms with Gasteiger partial charge in [-0.15, -0.1) is 11.8 Å². The lowest BCUT2D eigenvalue weighted by Crippen LogP contribution is -1.95. The first-order valence-electron chi connectivity index (χ1n) is 3.87. The summed E-state index contributed by atoms with van der Waals surface area (Å²) in [5, 5.41) is 0. The molecule has 2 nitrogen and oxygen atoms in total. The van der Waals surface area contributed by atoms with Gasteiger partial charge in [0.15, 0.2) is 0 Å². The quantitative estimate of drug-likeness (QED) is 0.683. The van der Waals surface area contributed by atoms with E-state index in [1.807, 2.05) is 0 Å². The number of carbonyl (C=O) groups excluding carboxylic acids is 1. The average Bonchev–Trinajstić information content (AvgIpc) is 2.09. The zero-order chi connectivity index (χ0) is 10.7. The van der Waals surface area contributed by atoms with Crippen molar-refractivity contribution in [3.63, 3.8) is 0 Å². The first kappa shape index (κ1) is 11.5. The van der Waals surface area contributed by atoms with Crippen LogP contribution in [0.4, 0.5) is 10.1 Å². The summed E-state index contributed by atoms with van der Waals surface area (Å²) in [7, 11) is 0. The van der Waals surface area contributed by atoms with Crippen LogP contribution in [-0.2, 0) is 4.79 Å². The van der Waals surface area contributed by atoms with Crippen molar-refractivity contribution in [2.45, 2.75) is 11.8 Å². The molecule has 0 unspecified atom stereocenters. The predicted octanol–water partition coefficient (Wildman–Crippen LogP) is 2.85. The number of anilines is 1. The van der Waals surface area contributed by atoms with Crippen LogP contribution in [0.3, 0.4) is 0 Å². The summed E-state index contributed by atoms with van der Waals surface area (Å²) in [6.45, 7) is 1.51. The molecule has 0 atom stereocenters. The Hall–Kier alpha value is -0.550. The van der Waals surface area contributed by atoms with Crippen molar-refractivity contribution in [1.29, 1.82) is 0 Å². The molecule has 0 amide bonds. The van der Waals surface area contributed by atoms with Crippen molar-refractivity contribution in [2.75, 3.05) is 11.5 Å². The molecule has 0 aliphatic heterocycles. The van der Waals surface area contributed by atoms with Crippen LogP contribution in [0.25, 0.3) is 0 Å². The molecule has 0 fully saturated rings. The van der Waals surface area contributed by atoms with Crippen LogP contribution in [0.5, 0.6) is 0 Å². The van der Waals surface area contributed by atoms with E-state index in [9.17, 15) is 9.18 Å². The third-order valence-corrected chi connectivity index (χ3v) is 3.60. The number of nitrogen functional groups attached to an aromatic ring is 1. The summed E-state index contributed by atoms with van der Waals surface area (Å²) in [6, 6.07) is 2.82. The van der Waals surface area contributed by atoms with Crippen molar-refractivity contribution < 1.29 is 9.18 Å². The van der Waals surface area contributed by atoms with Gasteiger partial charge in [-0.3, -0.25) is 4.79 Å². The van der Waals surface area contributed by atoms with Crippen LogP contribution in [-0.4, -0.2) is 11.5 Å². The molecule has 0 radical (unpaired) electrons. The number of Topliss-reactive ketones (excluding diaryl/α,β-unsaturated/α-hetero) is 1. The van der Waals surface area contributed by atoms with Crippen molar-refractivity contribution in [3.05, 3.63) is 22.4 Å². The Morgan fingerprint density at radius 1 is 1.64 bits per heavy atom. The summed E-state index contributed by atoms with van der Waals surface area (Å²) >= 11 is 4.54. The highest BCUT2D eigenvalue weighted by Crippen LogP contribution is 2.30. The number of hydrogen-bond acceptors (Lipinski definition) is 3. The van der Waals surface area contributed by atoms with Gasteiger partial charge >= 0.3 is 0 Å². The van der Waals surface area contributed by atoms with Gasteiger partial charge in [-0.05, 0) is 35.0 Å². The third-order valence-electron chi connectivity index (χ3n) is 1.48. The van der Waals surface area contributed by atoms with Crippen molar-refractivity contribution in [3.8, 4) is 0 Å². The molecule has 0 aliphatic carbocycles. The zero-order valence-electron chi connectivity index (χ0n) is 7.51. The number of halogens is 2. The lowest BCUT2D eigenvalue weighted by molar-refractivity contribution is -0.114. The lowest BCUT2D eigenvalue weighted by Gasteiger charge is -2.04. The van der Waals surface area contributed by atoms with Crippen LogP contribution >= 0.6 is 27.7 Å². The highest BCUT2D eigenvalue weighted by Gasteiger charge is 2.07. The molecular weight excluding hydrogens is 269 g/mol. The third kappa shape index (κ3) is 2.99. The van der Waals surface area contributed by atoms with E-state index in [4.69, 9.17) is 5.73 Å². The Bertz CT molecular complexity index is 370. The van der Waals surface area contributed by atoms with Gasteiger partial charge in [0, 0.05) is 9.37 Å². The minimum atomic E-state index is -0.455. The maximum atomic E-state index is 12.9. The molecule has 0 bridgehead atoms. The number of rotatable bonds is 3. The van der Waals surface area contributed by atoms with Crippen LogP contribution in [0.1, 0.15) is 6.92 Å². The van der Waals surface area contributed by atoms with Crippen LogP contribution < -0.4 is 5.73 Å². The molecule has 1 aromatic carbocycles. The second-order valence-corrected chi connectivity index (χ2v) is 4.67. The molecule has 76 valence electrons. The Kier molecular flexibility index (Phi) is 3.95. The largest absolute Gasteiger partial charge is 0.396 e. The summed E-state index contributed by atoms with van der Waals surface area (Å²) in [5.74, 6) is -0.0159. The van der Waals surface area contributed by atoms with Crippen molar-refractivity contribution >= 4 is 39.2 Å². The first-order valence-corrected chi connectivity index (χ1v) is 5.65. The monoisotopic (exact) mass is 277 g/mol. The number of nitrogens with two attached hydrogens (primary N) is 1. The van der Waals surface area contributed by atoms with E-state index in [1.54, 1.807) is 0 Å². The Morgan fingerprint density at radius 3 is 2.86 bits per heavy atom. The number of thioether (sulfide) groups is 1. The summed E-state index contributed by atoms with van der Waals surface area (Å²) < 4.78 is 13.5. The fourth-order valence-corrected chi connectivity index (χ4v) is 2.26. The Labute approximate surface area is 94.2 Å². The second kappa shape index (κ2) is 4.79. The van der Waals surface area contributed by atoms with E-state index < -0.39 is 5.82 Å². The van der Waals surface area contributed by atoms with Gasteiger partial charge < -0.3 is 5.73 Å². The molecule has 1 rings (SSSR count). The topological polar surface area (TPSA) is 43.1 Å². The van der Waals surface area contributed by atoms with Gasteiger partial charge in [-0.25, -0.2) is 4.39 Å². The normalized spacial score (nSPS) is 10.2. The van der Waals surface area contributed by atoms with Gasteiger partial charge in [0.05, 0.1) is 11.4 Å². The summed E-state index contributed by atoms with van der Waals surface area (Å²) in [5.41, 5.74) is 5.50. The molecule has 0 saturated carbocycles. The summed E-state index contributed by atoms with van der Waals surface area (Å²) in [6.07, 6.45) is 0. The molecule has 0 heterocycles. The van der Waals surface area contributed by atoms with E-state index in [2.05, 4.69) is 15.9 Å². The highest BCUT2D eigenvalue weighted by atomic mass is 79.9. The fraction of sp³-hybridized carbons (Fsp3) is 0.222. The Balaban J connectivity index is 2.87. The van der Waals surface area contributed by atoms with Crippen molar-refractivity contribution in [2.24, 2.45) is 0 Å². The number of hydrogen-bond donors (Lipinski definition) is 1. The first-order chi connectivity index (χ1) is 6.50. The Morgan fingerprint density at radius 2 is 2.29 bits per heavy atom. The lowest BCUT2D eigenvalue weighted by atomic mass is 10.3. The van der Waals surface area contributed by atoms with Crippen LogP contribution in [0.15, 0.2) is 21.5 Å². The van der Waals surface area contributed by atoms with Gasteiger partial charge in [-0.1, -0.05) is 0 Å². The van der Waals surface area contributed by atoms with E-state index in [0.717, 1.165) is 4.90 Å². The molecule has 2 N–H and O–H groups in total. The molecule has 1 aromatic rings.